The molecule has 134 valence electrons. The van der Waals surface area contributed by atoms with Crippen LogP contribution >= 0.6 is 23.4 Å². The van der Waals surface area contributed by atoms with Crippen LogP contribution in [-0.2, 0) is 11.2 Å². The quantitative estimate of drug-likeness (QED) is 0.333. The van der Waals surface area contributed by atoms with Crippen molar-refractivity contribution in [2.75, 3.05) is 12.4 Å². The fourth-order valence-corrected chi connectivity index (χ4v) is 3.11. The van der Waals surface area contributed by atoms with Gasteiger partial charge in [-0.3, -0.25) is 10.1 Å². The van der Waals surface area contributed by atoms with Crippen molar-refractivity contribution >= 4 is 35.0 Å². The van der Waals surface area contributed by atoms with Crippen molar-refractivity contribution in [1.82, 2.24) is 14.9 Å². The Morgan fingerprint density at radius 3 is 2.72 bits per heavy atom. The van der Waals surface area contributed by atoms with Crippen molar-refractivity contribution in [3.63, 3.8) is 0 Å². The topological polar surface area (TPSA) is 126 Å². The number of hydrogen-bond donors (Lipinski definition) is 1. The smallest absolute Gasteiger partial charge is 0.338 e. The highest BCUT2D eigenvalue weighted by atomic mass is 35.5. The second-order valence-corrected chi connectivity index (χ2v) is 6.31. The number of nitrogens with zero attached hydrogens (tertiary/aromatic N) is 4. The molecule has 0 saturated heterocycles. The van der Waals surface area contributed by atoms with Gasteiger partial charge in [0.05, 0.1) is 22.1 Å². The van der Waals surface area contributed by atoms with E-state index in [1.165, 1.54) is 10.7 Å². The van der Waals surface area contributed by atoms with E-state index in [9.17, 15) is 14.9 Å². The average Bonchev–Trinajstić information content (AvgIpc) is 2.93. The fraction of sp³-hybridized carbons (Fsp3) is 0.357. The van der Waals surface area contributed by atoms with E-state index in [4.69, 9.17) is 22.2 Å². The van der Waals surface area contributed by atoms with Crippen LogP contribution in [0.3, 0.4) is 0 Å². The van der Waals surface area contributed by atoms with Crippen LogP contribution in [-0.4, -0.2) is 32.4 Å². The lowest BCUT2D eigenvalue weighted by Crippen LogP contribution is -2.13. The third kappa shape index (κ3) is 4.20. The van der Waals surface area contributed by atoms with Gasteiger partial charge < -0.3 is 10.6 Å². The van der Waals surface area contributed by atoms with Gasteiger partial charge in [-0.15, -0.1) is 10.2 Å². The summed E-state index contributed by atoms with van der Waals surface area (Å²) in [6, 6.07) is 2.46. The minimum atomic E-state index is -0.668. The number of benzene rings is 1. The van der Waals surface area contributed by atoms with Crippen molar-refractivity contribution in [1.29, 1.82) is 0 Å². The Labute approximate surface area is 152 Å². The lowest BCUT2D eigenvalue weighted by atomic mass is 10.2. The molecule has 1 aromatic heterocycles. The fourth-order valence-electron chi connectivity index (χ4n) is 1.92. The summed E-state index contributed by atoms with van der Waals surface area (Å²) in [7, 11) is 0. The van der Waals surface area contributed by atoms with Crippen LogP contribution < -0.4 is 5.84 Å². The highest BCUT2D eigenvalue weighted by Crippen LogP contribution is 2.40. The first-order chi connectivity index (χ1) is 11.9. The van der Waals surface area contributed by atoms with Crippen LogP contribution in [0.1, 0.15) is 36.5 Å². The van der Waals surface area contributed by atoms with Crippen LogP contribution in [0.15, 0.2) is 22.2 Å². The summed E-state index contributed by atoms with van der Waals surface area (Å²) < 4.78 is 6.23. The molecule has 0 aliphatic rings. The van der Waals surface area contributed by atoms with Crippen LogP contribution in [0.25, 0.3) is 0 Å². The molecule has 0 atom stereocenters. The highest BCUT2D eigenvalue weighted by Gasteiger charge is 2.25. The second kappa shape index (κ2) is 8.17. The van der Waals surface area contributed by atoms with E-state index in [0.29, 0.717) is 18.7 Å². The van der Waals surface area contributed by atoms with Gasteiger partial charge in [0, 0.05) is 12.5 Å². The largest absolute Gasteiger partial charge is 0.462 e. The molecule has 0 amide bonds. The van der Waals surface area contributed by atoms with E-state index in [1.54, 1.807) is 0 Å². The Bertz CT molecular complexity index is 811. The van der Waals surface area contributed by atoms with E-state index in [1.807, 2.05) is 13.8 Å². The van der Waals surface area contributed by atoms with Crippen LogP contribution in [0, 0.1) is 10.1 Å². The number of nitro groups is 1. The first-order valence-corrected chi connectivity index (χ1v) is 8.60. The monoisotopic (exact) mass is 385 g/mol. The van der Waals surface area contributed by atoms with E-state index in [2.05, 4.69) is 10.2 Å². The standard InChI is InChI=1S/C14H16ClN5O4S/c1-3-5-24-13(21)8-6-9(15)12(10(7-8)20(22)23)25-14-18-17-11(4-2)19(14)16/h6-7H,3-5,16H2,1-2H3. The molecule has 2 aromatic rings. The molecule has 1 aromatic carbocycles. The molecular weight excluding hydrogens is 370 g/mol. The summed E-state index contributed by atoms with van der Waals surface area (Å²) in [5, 5.41) is 19.5. The minimum Gasteiger partial charge on any atom is -0.462 e. The zero-order chi connectivity index (χ0) is 18.6. The molecule has 0 spiro atoms. The molecule has 0 bridgehead atoms. The molecule has 2 rings (SSSR count). The lowest BCUT2D eigenvalue weighted by Gasteiger charge is -2.08. The molecule has 0 saturated carbocycles. The summed E-state index contributed by atoms with van der Waals surface area (Å²) in [6.07, 6.45) is 1.20. The second-order valence-electron chi connectivity index (χ2n) is 4.92. The van der Waals surface area contributed by atoms with Gasteiger partial charge in [0.15, 0.2) is 5.82 Å². The number of esters is 1. The Morgan fingerprint density at radius 2 is 2.16 bits per heavy atom. The summed E-state index contributed by atoms with van der Waals surface area (Å²) in [4.78, 5) is 22.8. The molecule has 1 heterocycles. The molecule has 11 heteroatoms. The molecule has 0 unspecified atom stereocenters. The Kier molecular flexibility index (Phi) is 6.21. The Balaban J connectivity index is 2.42. The predicted molar refractivity (Wildman–Crippen MR) is 92.4 cm³/mol. The first-order valence-electron chi connectivity index (χ1n) is 7.41. The van der Waals surface area contributed by atoms with Gasteiger partial charge in [-0.25, -0.2) is 9.47 Å². The van der Waals surface area contributed by atoms with Crippen molar-refractivity contribution in [2.24, 2.45) is 0 Å². The maximum absolute atomic E-state index is 11.9. The number of rotatable bonds is 7. The third-order valence-corrected chi connectivity index (χ3v) is 4.64. The van der Waals surface area contributed by atoms with Crippen molar-refractivity contribution in [3.05, 3.63) is 38.7 Å². The molecule has 25 heavy (non-hydrogen) atoms. The number of nitrogen functional groups attached to an aromatic ring is 1. The van der Waals surface area contributed by atoms with Crippen molar-refractivity contribution in [3.8, 4) is 0 Å². The maximum Gasteiger partial charge on any atom is 0.338 e. The van der Waals surface area contributed by atoms with E-state index in [0.717, 1.165) is 17.8 Å². The average molecular weight is 386 g/mol. The molecule has 0 aliphatic carbocycles. The number of carbonyl (C=O) groups is 1. The summed E-state index contributed by atoms with van der Waals surface area (Å²) in [5.74, 6) is 5.72. The number of nitrogens with two attached hydrogens (primary N) is 1. The number of halogens is 1. The SMILES string of the molecule is CCCOC(=O)c1cc(Cl)c(Sc2nnc(CC)n2N)c([N+](=O)[O-])c1. The summed E-state index contributed by atoms with van der Waals surface area (Å²) in [6.45, 7) is 3.92. The molecule has 0 aliphatic heterocycles. The van der Waals surface area contributed by atoms with Gasteiger partial charge in [0.25, 0.3) is 5.69 Å². The Morgan fingerprint density at radius 1 is 1.44 bits per heavy atom. The maximum atomic E-state index is 11.9. The van der Waals surface area contributed by atoms with Crippen LogP contribution in [0.4, 0.5) is 5.69 Å². The van der Waals surface area contributed by atoms with Crippen LogP contribution in [0.5, 0.6) is 0 Å². The molecule has 0 fully saturated rings. The Hall–Kier alpha value is -2.33. The summed E-state index contributed by atoms with van der Waals surface area (Å²) >= 11 is 7.08. The van der Waals surface area contributed by atoms with Gasteiger partial charge >= 0.3 is 5.97 Å². The number of carbonyl (C=O) groups excluding carboxylic acids is 1. The molecule has 2 N–H and O–H groups in total. The predicted octanol–water partition coefficient (Wildman–Crippen LogP) is 2.83. The van der Waals surface area contributed by atoms with E-state index >= 15 is 0 Å². The molecular formula is C14H16ClN5O4S. The number of aryl methyl sites for hydroxylation is 1. The number of nitro benzene ring substituents is 1. The summed E-state index contributed by atoms with van der Waals surface area (Å²) in [5.41, 5.74) is -0.319. The highest BCUT2D eigenvalue weighted by molar-refractivity contribution is 7.99. The third-order valence-electron chi connectivity index (χ3n) is 3.14. The van der Waals surface area contributed by atoms with Gasteiger partial charge in [-0.05, 0) is 24.2 Å². The van der Waals surface area contributed by atoms with E-state index < -0.39 is 10.9 Å². The minimum absolute atomic E-state index is 0.0120. The lowest BCUT2D eigenvalue weighted by molar-refractivity contribution is -0.387. The number of hydrogen-bond acceptors (Lipinski definition) is 8. The zero-order valence-corrected chi connectivity index (χ0v) is 15.1. The zero-order valence-electron chi connectivity index (χ0n) is 13.6. The van der Waals surface area contributed by atoms with Gasteiger partial charge in [-0.1, -0.05) is 25.4 Å². The van der Waals surface area contributed by atoms with Gasteiger partial charge in [0.2, 0.25) is 5.16 Å². The first kappa shape index (κ1) is 19.0. The van der Waals surface area contributed by atoms with E-state index in [-0.39, 0.29) is 32.9 Å². The normalized spacial score (nSPS) is 10.7. The molecule has 0 radical (unpaired) electrons. The number of aromatic nitrogens is 3. The van der Waals surface area contributed by atoms with Crippen molar-refractivity contribution < 1.29 is 14.5 Å². The van der Waals surface area contributed by atoms with Crippen molar-refractivity contribution in [2.45, 2.75) is 36.7 Å². The number of ether oxygens (including phenoxy) is 1. The van der Waals surface area contributed by atoms with Crippen LogP contribution in [0.2, 0.25) is 5.02 Å². The van der Waals surface area contributed by atoms with Gasteiger partial charge in [0.1, 0.15) is 4.90 Å². The molecule has 9 nitrogen and oxygen atoms in total. The van der Waals surface area contributed by atoms with Gasteiger partial charge in [-0.2, -0.15) is 0 Å².